The average Bonchev–Trinajstić information content (AvgIpc) is 3.15. The summed E-state index contributed by atoms with van der Waals surface area (Å²) in [5.74, 6) is 0.740. The quantitative estimate of drug-likeness (QED) is 0.402. The number of aryl methyl sites for hydroxylation is 1. The summed E-state index contributed by atoms with van der Waals surface area (Å²) < 4.78 is 5.95. The number of rotatable bonds is 4. The van der Waals surface area contributed by atoms with Gasteiger partial charge in [-0.2, -0.15) is 0 Å². The van der Waals surface area contributed by atoms with Crippen LogP contribution < -0.4 is 34.1 Å². The van der Waals surface area contributed by atoms with E-state index in [1.54, 1.807) is 17.7 Å². The van der Waals surface area contributed by atoms with Crippen molar-refractivity contribution in [2.24, 2.45) is 20.0 Å². The molecule has 0 aliphatic carbocycles. The fourth-order valence-electron chi connectivity index (χ4n) is 5.45. The summed E-state index contributed by atoms with van der Waals surface area (Å²) in [7, 11) is 3.02. The molecule has 2 aliphatic rings. The van der Waals surface area contributed by atoms with Crippen LogP contribution in [0.5, 0.6) is 0 Å². The first-order chi connectivity index (χ1) is 14.8. The Balaban J connectivity index is 0.00000245. The fourth-order valence-corrected chi connectivity index (χ4v) is 5.45. The molecule has 2 aliphatic heterocycles. The van der Waals surface area contributed by atoms with Crippen LogP contribution in [-0.4, -0.2) is 54.1 Å². The van der Waals surface area contributed by atoms with Gasteiger partial charge in [-0.25, -0.2) is 9.78 Å². The number of halogens is 1. The SMILES string of the molecule is Cn1c(=O)c2c(ncn2CC(O)C[NH+]2C[C@@H]3C[C@@H](C2)c2cccc(=O)n2C3)n(C)c1=O.[Cl-]. The zero-order valence-corrected chi connectivity index (χ0v) is 18.8. The molecule has 2 unspecified atom stereocenters. The number of hydrogen-bond donors (Lipinski definition) is 2. The molecule has 1 fully saturated rings. The van der Waals surface area contributed by atoms with Gasteiger partial charge in [0.2, 0.25) is 0 Å². The molecule has 3 aromatic heterocycles. The number of imidazole rings is 1. The number of hydrogen-bond acceptors (Lipinski definition) is 5. The summed E-state index contributed by atoms with van der Waals surface area (Å²) in [6, 6.07) is 5.49. The highest BCUT2D eigenvalue weighted by Gasteiger charge is 2.37. The van der Waals surface area contributed by atoms with E-state index >= 15 is 0 Å². The highest BCUT2D eigenvalue weighted by molar-refractivity contribution is 5.69. The van der Waals surface area contributed by atoms with Gasteiger partial charge in [0.25, 0.3) is 11.1 Å². The third-order valence-electron chi connectivity index (χ3n) is 6.82. The van der Waals surface area contributed by atoms with Crippen molar-refractivity contribution in [3.8, 4) is 0 Å². The van der Waals surface area contributed by atoms with Gasteiger partial charge in [-0.15, -0.1) is 0 Å². The number of nitrogens with one attached hydrogen (secondary N) is 1. The van der Waals surface area contributed by atoms with Gasteiger partial charge in [0.1, 0.15) is 12.6 Å². The zero-order valence-electron chi connectivity index (χ0n) is 18.1. The molecule has 2 bridgehead atoms. The van der Waals surface area contributed by atoms with E-state index in [2.05, 4.69) is 4.98 Å². The molecule has 0 saturated carbocycles. The molecule has 3 aromatic rings. The van der Waals surface area contributed by atoms with Gasteiger partial charge in [-0.1, -0.05) is 6.07 Å². The topological polar surface area (TPSA) is 108 Å². The number of aromatic nitrogens is 5. The van der Waals surface area contributed by atoms with Crippen LogP contribution in [0.25, 0.3) is 11.2 Å². The molecule has 172 valence electrons. The summed E-state index contributed by atoms with van der Waals surface area (Å²) in [5, 5.41) is 10.8. The molecule has 5 heterocycles. The van der Waals surface area contributed by atoms with Crippen molar-refractivity contribution < 1.29 is 22.4 Å². The second-order valence-corrected chi connectivity index (χ2v) is 8.99. The Hall–Kier alpha value is -2.69. The minimum atomic E-state index is -0.661. The van der Waals surface area contributed by atoms with Crippen LogP contribution in [-0.2, 0) is 27.2 Å². The summed E-state index contributed by atoms with van der Waals surface area (Å²) >= 11 is 0. The summed E-state index contributed by atoms with van der Waals surface area (Å²) in [6.07, 6.45) is 1.93. The Bertz CT molecular complexity index is 1340. The first kappa shape index (κ1) is 22.5. The van der Waals surface area contributed by atoms with E-state index in [4.69, 9.17) is 0 Å². The molecule has 0 spiro atoms. The van der Waals surface area contributed by atoms with Crippen molar-refractivity contribution in [1.82, 2.24) is 23.3 Å². The maximum atomic E-state index is 12.6. The first-order valence-electron chi connectivity index (χ1n) is 10.7. The standard InChI is InChI=1S/C21H26N6O4.ClH/c1-23-19-18(20(30)24(2)21(23)31)26(12-22-19)11-15(28)10-25-7-13-6-14(9-25)16-4-3-5-17(29)27(16)8-13;/h3-5,12-15,28H,6-11H2,1-2H3;1H/t13-,14-,15?;/m0./s1. The van der Waals surface area contributed by atoms with E-state index in [-0.39, 0.29) is 24.5 Å². The molecule has 11 heteroatoms. The predicted molar refractivity (Wildman–Crippen MR) is 113 cm³/mol. The minimum Gasteiger partial charge on any atom is -1.00 e. The third-order valence-corrected chi connectivity index (χ3v) is 6.82. The van der Waals surface area contributed by atoms with Crippen LogP contribution in [0.15, 0.2) is 38.9 Å². The molecule has 0 aromatic carbocycles. The van der Waals surface area contributed by atoms with Gasteiger partial charge in [-0.3, -0.25) is 18.7 Å². The monoisotopic (exact) mass is 462 g/mol. The van der Waals surface area contributed by atoms with Crippen molar-refractivity contribution >= 4 is 11.2 Å². The molecule has 1 saturated heterocycles. The average molecular weight is 463 g/mol. The first-order valence-corrected chi connectivity index (χ1v) is 10.7. The number of quaternary nitrogens is 1. The molecule has 4 atom stereocenters. The van der Waals surface area contributed by atoms with Crippen molar-refractivity contribution in [2.75, 3.05) is 19.6 Å². The number of pyridine rings is 1. The largest absolute Gasteiger partial charge is 1.00 e. The molecular formula is C21H27ClN6O4. The Labute approximate surface area is 189 Å². The lowest BCUT2D eigenvalue weighted by Crippen LogP contribution is -3.15. The van der Waals surface area contributed by atoms with E-state index in [0.29, 0.717) is 29.5 Å². The maximum absolute atomic E-state index is 12.6. The molecule has 0 amide bonds. The second kappa shape index (κ2) is 8.34. The lowest BCUT2D eigenvalue weighted by atomic mass is 9.83. The molecule has 2 N–H and O–H groups in total. The van der Waals surface area contributed by atoms with Crippen LogP contribution >= 0.6 is 0 Å². The summed E-state index contributed by atoms with van der Waals surface area (Å²) in [5.41, 5.74) is 0.973. The summed E-state index contributed by atoms with van der Waals surface area (Å²) in [6.45, 7) is 3.31. The van der Waals surface area contributed by atoms with Crippen molar-refractivity contribution in [3.63, 3.8) is 0 Å². The van der Waals surface area contributed by atoms with Gasteiger partial charge >= 0.3 is 5.69 Å². The van der Waals surface area contributed by atoms with E-state index < -0.39 is 17.4 Å². The van der Waals surface area contributed by atoms with Gasteiger partial charge in [0.05, 0.1) is 26.0 Å². The maximum Gasteiger partial charge on any atom is 0.332 e. The molecule has 5 rings (SSSR count). The van der Waals surface area contributed by atoms with E-state index in [1.807, 2.05) is 16.7 Å². The zero-order chi connectivity index (χ0) is 21.9. The lowest BCUT2D eigenvalue weighted by Gasteiger charge is -2.40. The number of likely N-dealkylation sites (tertiary alicyclic amines) is 1. The highest BCUT2D eigenvalue weighted by atomic mass is 35.5. The number of nitrogens with zero attached hydrogens (tertiary/aromatic N) is 5. The van der Waals surface area contributed by atoms with Crippen LogP contribution in [0.2, 0.25) is 0 Å². The molecular weight excluding hydrogens is 436 g/mol. The normalized spacial score (nSPS) is 22.9. The molecule has 10 nitrogen and oxygen atoms in total. The molecule has 32 heavy (non-hydrogen) atoms. The number of aliphatic hydroxyl groups is 1. The van der Waals surface area contributed by atoms with Gasteiger partial charge in [-0.05, 0) is 12.5 Å². The fraction of sp³-hybridized carbons (Fsp3) is 0.524. The Morgan fingerprint density at radius 2 is 1.97 bits per heavy atom. The van der Waals surface area contributed by atoms with Crippen molar-refractivity contribution in [2.45, 2.75) is 31.5 Å². The van der Waals surface area contributed by atoms with Crippen LogP contribution in [0.3, 0.4) is 0 Å². The van der Waals surface area contributed by atoms with Crippen LogP contribution in [0, 0.1) is 5.92 Å². The number of piperidine rings is 1. The smallest absolute Gasteiger partial charge is 0.332 e. The highest BCUT2D eigenvalue weighted by Crippen LogP contribution is 2.30. The van der Waals surface area contributed by atoms with E-state index in [9.17, 15) is 19.5 Å². The predicted octanol–water partition coefficient (Wildman–Crippen LogP) is -5.34. The van der Waals surface area contributed by atoms with Crippen LogP contribution in [0.4, 0.5) is 0 Å². The van der Waals surface area contributed by atoms with Gasteiger partial charge in [0, 0.05) is 44.2 Å². The van der Waals surface area contributed by atoms with Gasteiger partial charge < -0.3 is 31.5 Å². The second-order valence-electron chi connectivity index (χ2n) is 8.99. The van der Waals surface area contributed by atoms with Gasteiger partial charge in [0.15, 0.2) is 11.2 Å². The Morgan fingerprint density at radius 3 is 2.75 bits per heavy atom. The number of fused-ring (bicyclic) bond motifs is 5. The third kappa shape index (κ3) is 3.62. The Morgan fingerprint density at radius 1 is 1.19 bits per heavy atom. The van der Waals surface area contributed by atoms with Crippen molar-refractivity contribution in [1.29, 1.82) is 0 Å². The Kier molecular flexibility index (Phi) is 5.87. The van der Waals surface area contributed by atoms with Crippen molar-refractivity contribution in [3.05, 3.63) is 61.4 Å². The minimum absolute atomic E-state index is 0. The summed E-state index contributed by atoms with van der Waals surface area (Å²) in [4.78, 5) is 42.4. The number of aliphatic hydroxyl groups excluding tert-OH is 1. The molecule has 0 radical (unpaired) electrons. The lowest BCUT2D eigenvalue weighted by molar-refractivity contribution is -0.914. The van der Waals surface area contributed by atoms with Crippen LogP contribution in [0.1, 0.15) is 18.0 Å². The van der Waals surface area contributed by atoms with E-state index in [0.717, 1.165) is 36.3 Å². The van der Waals surface area contributed by atoms with E-state index in [1.165, 1.54) is 22.8 Å².